The smallest absolute Gasteiger partial charge is 0.254 e. The van der Waals surface area contributed by atoms with E-state index in [-0.39, 0.29) is 24.2 Å². The summed E-state index contributed by atoms with van der Waals surface area (Å²) in [6.07, 6.45) is 5.48. The zero-order valence-electron chi connectivity index (χ0n) is 15.4. The van der Waals surface area contributed by atoms with Crippen LogP contribution in [0, 0.1) is 5.92 Å². The molecule has 0 bridgehead atoms. The Morgan fingerprint density at radius 3 is 2.48 bits per heavy atom. The second-order valence-corrected chi connectivity index (χ2v) is 6.86. The van der Waals surface area contributed by atoms with Gasteiger partial charge in [0.15, 0.2) is 0 Å². The molecule has 2 aromatic rings. The Bertz CT molecular complexity index is 767. The molecule has 0 atom stereocenters. The minimum Gasteiger partial charge on any atom is -0.399 e. The first-order valence-electron chi connectivity index (χ1n) is 8.90. The number of nitrogens with one attached hydrogen (secondary N) is 1. The number of hydrogen-bond acceptors (Lipinski definition) is 4. The lowest BCUT2D eigenvalue weighted by atomic mass is 9.96. The number of nitrogens with two attached hydrogens (primary N) is 1. The van der Waals surface area contributed by atoms with Crippen molar-refractivity contribution in [1.29, 1.82) is 0 Å². The Kier molecular flexibility index (Phi) is 7.24. The van der Waals surface area contributed by atoms with E-state index in [1.807, 2.05) is 29.2 Å². The van der Waals surface area contributed by atoms with Gasteiger partial charge in [-0.25, -0.2) is 0 Å². The molecule has 1 saturated heterocycles. The molecule has 1 aromatic carbocycles. The molecule has 0 spiro atoms. The van der Waals surface area contributed by atoms with Crippen molar-refractivity contribution in [2.45, 2.75) is 19.3 Å². The maximum absolute atomic E-state index is 12.4. The van der Waals surface area contributed by atoms with Gasteiger partial charge in [0.25, 0.3) is 5.91 Å². The van der Waals surface area contributed by atoms with Gasteiger partial charge in [0.2, 0.25) is 5.91 Å². The fraction of sp³-hybridized carbons (Fsp3) is 0.421. The van der Waals surface area contributed by atoms with E-state index in [1.54, 1.807) is 24.1 Å². The molecule has 146 valence electrons. The number of benzene rings is 1. The molecule has 0 radical (unpaired) electrons. The van der Waals surface area contributed by atoms with Gasteiger partial charge in [0.1, 0.15) is 0 Å². The quantitative estimate of drug-likeness (QED) is 0.757. The Labute approximate surface area is 165 Å². The summed E-state index contributed by atoms with van der Waals surface area (Å²) in [5, 5.41) is 6.97. The van der Waals surface area contributed by atoms with Gasteiger partial charge >= 0.3 is 0 Å². The van der Waals surface area contributed by atoms with Gasteiger partial charge in [-0.05, 0) is 36.5 Å². The molecule has 2 amide bonds. The summed E-state index contributed by atoms with van der Waals surface area (Å²) < 4.78 is 1.61. The van der Waals surface area contributed by atoms with Crippen LogP contribution in [-0.2, 0) is 18.3 Å². The third kappa shape index (κ3) is 5.72. The van der Waals surface area contributed by atoms with Crippen molar-refractivity contribution in [3.8, 4) is 0 Å². The Hall–Kier alpha value is -2.54. The summed E-state index contributed by atoms with van der Waals surface area (Å²) in [7, 11) is 1.79. The number of hydrogen-bond donors (Lipinski definition) is 2. The van der Waals surface area contributed by atoms with Crippen LogP contribution in [0.3, 0.4) is 0 Å². The fourth-order valence-electron chi connectivity index (χ4n) is 3.19. The molecule has 3 N–H and O–H groups in total. The SMILES string of the molecule is Cl.Cn1cc(C(=O)NCC2CCN(C(=O)Cc3ccc(N)cc3)CC2)cn1. The molecular weight excluding hydrogens is 366 g/mol. The molecule has 0 saturated carbocycles. The molecule has 8 heteroatoms. The number of anilines is 1. The second kappa shape index (κ2) is 9.41. The predicted octanol–water partition coefficient (Wildman–Crippen LogP) is 1.64. The number of carbonyl (C=O) groups excluding carboxylic acids is 2. The molecule has 0 aliphatic carbocycles. The Morgan fingerprint density at radius 2 is 1.89 bits per heavy atom. The molecular formula is C19H26ClN5O2. The molecule has 3 rings (SSSR count). The van der Waals surface area contributed by atoms with E-state index in [1.165, 1.54) is 0 Å². The number of nitrogens with zero attached hydrogens (tertiary/aromatic N) is 3. The molecule has 27 heavy (non-hydrogen) atoms. The molecule has 0 unspecified atom stereocenters. The number of likely N-dealkylation sites (tertiary alicyclic amines) is 1. The zero-order valence-corrected chi connectivity index (χ0v) is 16.2. The lowest BCUT2D eigenvalue weighted by Crippen LogP contribution is -2.42. The first-order chi connectivity index (χ1) is 12.5. The first-order valence-corrected chi connectivity index (χ1v) is 8.90. The average molecular weight is 392 g/mol. The van der Waals surface area contributed by atoms with Crippen molar-refractivity contribution in [3.63, 3.8) is 0 Å². The first kappa shape index (κ1) is 20.8. The summed E-state index contributed by atoms with van der Waals surface area (Å²) in [5.41, 5.74) is 7.93. The van der Waals surface area contributed by atoms with Crippen molar-refractivity contribution in [1.82, 2.24) is 20.0 Å². The van der Waals surface area contributed by atoms with Crippen LogP contribution in [0.1, 0.15) is 28.8 Å². The van der Waals surface area contributed by atoms with Crippen LogP contribution < -0.4 is 11.1 Å². The van der Waals surface area contributed by atoms with Crippen molar-refractivity contribution in [2.24, 2.45) is 13.0 Å². The van der Waals surface area contributed by atoms with E-state index < -0.39 is 0 Å². The predicted molar refractivity (Wildman–Crippen MR) is 107 cm³/mol. The van der Waals surface area contributed by atoms with Gasteiger partial charge in [-0.2, -0.15) is 5.10 Å². The molecule has 1 aliphatic heterocycles. The third-order valence-corrected chi connectivity index (χ3v) is 4.82. The van der Waals surface area contributed by atoms with Gasteiger partial charge in [-0.3, -0.25) is 14.3 Å². The summed E-state index contributed by atoms with van der Waals surface area (Å²) in [6.45, 7) is 2.11. The van der Waals surface area contributed by atoms with Gasteiger partial charge in [0, 0.05) is 38.6 Å². The average Bonchev–Trinajstić information content (AvgIpc) is 3.08. The highest BCUT2D eigenvalue weighted by molar-refractivity contribution is 5.93. The summed E-state index contributed by atoms with van der Waals surface area (Å²) in [5.74, 6) is 0.448. The maximum Gasteiger partial charge on any atom is 0.254 e. The van der Waals surface area contributed by atoms with Crippen LogP contribution in [0.15, 0.2) is 36.7 Å². The van der Waals surface area contributed by atoms with Crippen LogP contribution >= 0.6 is 12.4 Å². The van der Waals surface area contributed by atoms with Crippen LogP contribution in [-0.4, -0.2) is 46.1 Å². The normalized spacial score (nSPS) is 14.5. The van der Waals surface area contributed by atoms with Gasteiger partial charge < -0.3 is 16.0 Å². The summed E-state index contributed by atoms with van der Waals surface area (Å²) in [4.78, 5) is 26.4. The molecule has 1 aliphatic rings. The summed E-state index contributed by atoms with van der Waals surface area (Å²) in [6, 6.07) is 7.43. The number of amides is 2. The summed E-state index contributed by atoms with van der Waals surface area (Å²) >= 11 is 0. The molecule has 1 aromatic heterocycles. The Morgan fingerprint density at radius 1 is 1.22 bits per heavy atom. The number of carbonyl (C=O) groups is 2. The number of aryl methyl sites for hydroxylation is 1. The van der Waals surface area contributed by atoms with E-state index in [9.17, 15) is 9.59 Å². The van der Waals surface area contributed by atoms with E-state index in [4.69, 9.17) is 5.73 Å². The highest BCUT2D eigenvalue weighted by atomic mass is 35.5. The second-order valence-electron chi connectivity index (χ2n) is 6.86. The molecule has 1 fully saturated rings. The van der Waals surface area contributed by atoms with Gasteiger partial charge in [-0.1, -0.05) is 12.1 Å². The third-order valence-electron chi connectivity index (χ3n) is 4.82. The number of halogens is 1. The number of rotatable bonds is 5. The fourth-order valence-corrected chi connectivity index (χ4v) is 3.19. The highest BCUT2D eigenvalue weighted by Crippen LogP contribution is 2.18. The van der Waals surface area contributed by atoms with E-state index in [0.29, 0.717) is 30.1 Å². The van der Waals surface area contributed by atoms with Crippen LogP contribution in [0.2, 0.25) is 0 Å². The highest BCUT2D eigenvalue weighted by Gasteiger charge is 2.23. The van der Waals surface area contributed by atoms with Crippen molar-refractivity contribution >= 4 is 29.9 Å². The standard InChI is InChI=1S/C19H25N5O2.ClH/c1-23-13-16(12-22-23)19(26)21-11-15-6-8-24(9-7-15)18(25)10-14-2-4-17(20)5-3-14;/h2-5,12-13,15H,6-11,20H2,1H3,(H,21,26);1H. The van der Waals surface area contributed by atoms with E-state index >= 15 is 0 Å². The lowest BCUT2D eigenvalue weighted by Gasteiger charge is -2.32. The number of nitrogen functional groups attached to an aromatic ring is 1. The van der Waals surface area contributed by atoms with Crippen molar-refractivity contribution in [3.05, 3.63) is 47.8 Å². The lowest BCUT2D eigenvalue weighted by molar-refractivity contribution is -0.131. The largest absolute Gasteiger partial charge is 0.399 e. The minimum absolute atomic E-state index is 0. The van der Waals surface area contributed by atoms with Gasteiger partial charge in [0.05, 0.1) is 18.2 Å². The van der Waals surface area contributed by atoms with E-state index in [0.717, 1.165) is 31.5 Å². The van der Waals surface area contributed by atoms with E-state index in [2.05, 4.69) is 10.4 Å². The number of piperidine rings is 1. The van der Waals surface area contributed by atoms with Crippen molar-refractivity contribution in [2.75, 3.05) is 25.4 Å². The Balaban J connectivity index is 0.00000261. The number of aromatic nitrogens is 2. The molecule has 2 heterocycles. The van der Waals surface area contributed by atoms with Crippen molar-refractivity contribution < 1.29 is 9.59 Å². The van der Waals surface area contributed by atoms with Crippen LogP contribution in [0.4, 0.5) is 5.69 Å². The zero-order chi connectivity index (χ0) is 18.5. The maximum atomic E-state index is 12.4. The van der Waals surface area contributed by atoms with Crippen LogP contribution in [0.5, 0.6) is 0 Å². The molecule has 7 nitrogen and oxygen atoms in total. The topological polar surface area (TPSA) is 93.2 Å². The van der Waals surface area contributed by atoms with Crippen LogP contribution in [0.25, 0.3) is 0 Å². The minimum atomic E-state index is -0.0973. The van der Waals surface area contributed by atoms with Gasteiger partial charge in [-0.15, -0.1) is 12.4 Å². The monoisotopic (exact) mass is 391 g/mol.